The van der Waals surface area contributed by atoms with E-state index in [1.165, 1.54) is 289 Å². The summed E-state index contributed by atoms with van der Waals surface area (Å²) in [6, 6.07) is 97.1. The zero-order valence-electron chi connectivity index (χ0n) is 59.5. The van der Waals surface area contributed by atoms with Crippen molar-refractivity contribution in [1.29, 1.82) is 0 Å². The molecular formula is C98H90BN3. The molecule has 0 radical (unpaired) electrons. The Bertz CT molecular complexity index is 5190. The fourth-order valence-electron chi connectivity index (χ4n) is 20.1. The first kappa shape index (κ1) is 61.9. The lowest BCUT2D eigenvalue weighted by molar-refractivity contribution is 0.443. The van der Waals surface area contributed by atoms with E-state index in [1.807, 2.05) is 0 Å². The molecule has 14 aromatic rings. The third-order valence-electron chi connectivity index (χ3n) is 25.6. The Kier molecular flexibility index (Phi) is 15.5. The van der Waals surface area contributed by atoms with Crippen molar-refractivity contribution in [3.63, 3.8) is 0 Å². The number of anilines is 3. The molecule has 4 heteroatoms. The summed E-state index contributed by atoms with van der Waals surface area (Å²) in [5.41, 5.74) is 36.4. The molecule has 6 aliphatic rings. The molecule has 0 amide bonds. The zero-order valence-corrected chi connectivity index (χ0v) is 59.5. The summed E-state index contributed by atoms with van der Waals surface area (Å²) in [6.07, 6.45) is 26.5. The Morgan fingerprint density at radius 3 is 0.873 bits per heavy atom. The Hall–Kier alpha value is -9.90. The minimum atomic E-state index is -0.0795. The van der Waals surface area contributed by atoms with Crippen LogP contribution in [0.5, 0.6) is 0 Å². The first-order chi connectivity index (χ1) is 50.3. The predicted octanol–water partition coefficient (Wildman–Crippen LogP) is 25.6. The maximum Gasteiger partial charge on any atom is 0.252 e. The second kappa shape index (κ2) is 25.6. The van der Waals surface area contributed by atoms with Crippen LogP contribution in [0.15, 0.2) is 243 Å². The number of fused-ring (bicyclic) bond motifs is 10. The molecule has 500 valence electrons. The van der Waals surface area contributed by atoms with Gasteiger partial charge in [-0.15, -0.1) is 0 Å². The van der Waals surface area contributed by atoms with Crippen LogP contribution in [0.4, 0.5) is 17.1 Å². The molecule has 0 bridgehead atoms. The van der Waals surface area contributed by atoms with E-state index < -0.39 is 0 Å². The summed E-state index contributed by atoms with van der Waals surface area (Å²) < 4.78 is 5.43. The Labute approximate surface area is 603 Å². The van der Waals surface area contributed by atoms with Gasteiger partial charge in [0.05, 0.1) is 11.0 Å². The number of hydrogen-bond acceptors (Lipinski definition) is 1. The van der Waals surface area contributed by atoms with E-state index >= 15 is 0 Å². The highest BCUT2D eigenvalue weighted by molar-refractivity contribution is 7.00. The molecule has 2 aromatic heterocycles. The van der Waals surface area contributed by atoms with Crippen molar-refractivity contribution in [2.75, 3.05) is 4.90 Å². The van der Waals surface area contributed by atoms with Crippen LogP contribution in [0.3, 0.4) is 0 Å². The van der Waals surface area contributed by atoms with E-state index in [0.717, 1.165) is 17.1 Å². The first-order valence-electron chi connectivity index (χ1n) is 39.2. The normalized spacial score (nSPS) is 16.5. The summed E-state index contributed by atoms with van der Waals surface area (Å²) in [6.45, 7) is 4.27. The van der Waals surface area contributed by atoms with E-state index in [-0.39, 0.29) is 6.71 Å². The van der Waals surface area contributed by atoms with Gasteiger partial charge in [-0.3, -0.25) is 0 Å². The standard InChI is InChI=1S/C98H90BN3/c1-63-23-47-83(48-24-63)100(84-49-25-64(2)26-50-84)85-51-43-77(44-52-85)82-61-94-96-95(62-82)102-93-54-46-79(74-37-29-70(30-38-74)66-17-9-4-10-18-66)56-87(93)89-58-81(76-41-33-72(34-42-76)68-21-13-6-14-22-68)60-91(98(89)102)99(96)90-59-80(75-39-31-71(32-40-75)67-19-11-5-12-20-67)57-88-86-55-78(45-53-92(86)101(94)97(88)90)73-35-27-69(28-36-73)65-15-7-3-8-16-65/h23-62,65-68H,3-22H2,1-2H3. The van der Waals surface area contributed by atoms with Gasteiger partial charge in [0.1, 0.15) is 0 Å². The van der Waals surface area contributed by atoms with Crippen LogP contribution < -0.4 is 21.3 Å². The van der Waals surface area contributed by atoms with E-state index in [1.54, 1.807) is 0 Å². The van der Waals surface area contributed by atoms with E-state index in [2.05, 4.69) is 271 Å². The van der Waals surface area contributed by atoms with Crippen molar-refractivity contribution in [2.45, 2.75) is 166 Å². The molecule has 4 fully saturated rings. The topological polar surface area (TPSA) is 13.1 Å². The summed E-state index contributed by atoms with van der Waals surface area (Å²) >= 11 is 0. The third kappa shape index (κ3) is 10.7. The molecule has 0 unspecified atom stereocenters. The molecule has 4 saturated carbocycles. The highest BCUT2D eigenvalue weighted by Gasteiger charge is 2.42. The van der Waals surface area contributed by atoms with Gasteiger partial charge < -0.3 is 14.0 Å². The molecule has 3 nitrogen and oxygen atoms in total. The van der Waals surface area contributed by atoms with Gasteiger partial charge in [-0.05, 0) is 268 Å². The van der Waals surface area contributed by atoms with Crippen molar-refractivity contribution < 1.29 is 0 Å². The van der Waals surface area contributed by atoms with Crippen LogP contribution in [0.1, 0.15) is 185 Å². The molecule has 0 spiro atoms. The molecule has 0 saturated heterocycles. The average Bonchev–Trinajstić information content (AvgIpc) is 1.49. The van der Waals surface area contributed by atoms with Crippen molar-refractivity contribution >= 4 is 83.8 Å². The largest absolute Gasteiger partial charge is 0.311 e. The van der Waals surface area contributed by atoms with Crippen LogP contribution in [0.2, 0.25) is 0 Å². The summed E-state index contributed by atoms with van der Waals surface area (Å²) in [4.78, 5) is 2.40. The average molecular weight is 1320 g/mol. The highest BCUT2D eigenvalue weighted by Crippen LogP contribution is 2.47. The summed E-state index contributed by atoms with van der Waals surface area (Å²) in [5, 5.41) is 5.24. The molecule has 102 heavy (non-hydrogen) atoms. The number of aromatic nitrogens is 2. The van der Waals surface area contributed by atoms with Crippen molar-refractivity contribution in [1.82, 2.24) is 9.13 Å². The monoisotopic (exact) mass is 1320 g/mol. The molecule has 4 aliphatic carbocycles. The van der Waals surface area contributed by atoms with E-state index in [9.17, 15) is 0 Å². The number of nitrogens with zero attached hydrogens (tertiary/aromatic N) is 3. The van der Waals surface area contributed by atoms with Crippen LogP contribution in [-0.2, 0) is 0 Å². The Morgan fingerprint density at radius 1 is 0.265 bits per heavy atom. The first-order valence-corrected chi connectivity index (χ1v) is 39.2. The number of hydrogen-bond donors (Lipinski definition) is 0. The molecule has 4 heterocycles. The van der Waals surface area contributed by atoms with E-state index in [4.69, 9.17) is 0 Å². The SMILES string of the molecule is Cc1ccc(N(c2ccc(C)cc2)c2ccc(-c3cc4c5c(c3)-n3c6ccc(-c7ccc(C8CCCCC8)cc7)cc6c6cc(-c7ccc(C8CCCCC8)cc7)cc(c63)B5c3cc(-c5ccc(C6CCCCC6)cc5)cc5c6cc(-c7ccc(C8CCCCC8)cc7)ccc6n-4c35)cc2)cc1. The fraction of sp³-hybridized carbons (Fsp3) is 0.265. The van der Waals surface area contributed by atoms with Crippen LogP contribution in [0, 0.1) is 13.8 Å². The van der Waals surface area contributed by atoms with Crippen LogP contribution in [0.25, 0.3) is 111 Å². The molecule has 0 N–H and O–H groups in total. The van der Waals surface area contributed by atoms with Crippen LogP contribution >= 0.6 is 0 Å². The van der Waals surface area contributed by atoms with Crippen molar-refractivity contribution in [3.05, 3.63) is 276 Å². The second-order valence-corrected chi connectivity index (χ2v) is 31.8. The van der Waals surface area contributed by atoms with Gasteiger partial charge in [-0.2, -0.15) is 0 Å². The Balaban J connectivity index is 0.835. The highest BCUT2D eigenvalue weighted by atomic mass is 15.1. The predicted molar refractivity (Wildman–Crippen MR) is 434 cm³/mol. The minimum Gasteiger partial charge on any atom is -0.311 e. The van der Waals surface area contributed by atoms with Gasteiger partial charge >= 0.3 is 0 Å². The van der Waals surface area contributed by atoms with Gasteiger partial charge in [0, 0.05) is 61.0 Å². The maximum atomic E-state index is 2.71. The minimum absolute atomic E-state index is 0.0795. The number of benzene rings is 12. The summed E-state index contributed by atoms with van der Waals surface area (Å²) in [5.74, 6) is 2.62. The lowest BCUT2D eigenvalue weighted by Gasteiger charge is -2.35. The second-order valence-electron chi connectivity index (χ2n) is 31.8. The van der Waals surface area contributed by atoms with Gasteiger partial charge in [0.15, 0.2) is 0 Å². The van der Waals surface area contributed by atoms with Crippen LogP contribution in [-0.4, -0.2) is 15.8 Å². The lowest BCUT2D eigenvalue weighted by Crippen LogP contribution is -2.59. The quantitative estimate of drug-likeness (QED) is 0.111. The smallest absolute Gasteiger partial charge is 0.252 e. The number of rotatable bonds is 12. The third-order valence-corrected chi connectivity index (χ3v) is 25.6. The Morgan fingerprint density at radius 2 is 0.539 bits per heavy atom. The van der Waals surface area contributed by atoms with E-state index in [0.29, 0.717) is 23.7 Å². The molecular weight excluding hydrogens is 1230 g/mol. The maximum absolute atomic E-state index is 2.71. The van der Waals surface area contributed by atoms with Gasteiger partial charge in [-0.25, -0.2) is 0 Å². The van der Waals surface area contributed by atoms with Gasteiger partial charge in [-0.1, -0.05) is 246 Å². The number of aryl methyl sites for hydroxylation is 2. The summed E-state index contributed by atoms with van der Waals surface area (Å²) in [7, 11) is 0. The molecule has 2 aliphatic heterocycles. The van der Waals surface area contributed by atoms with Crippen molar-refractivity contribution in [3.8, 4) is 67.0 Å². The molecule has 20 rings (SSSR count). The fourth-order valence-corrected chi connectivity index (χ4v) is 20.1. The lowest BCUT2D eigenvalue weighted by atomic mass is 9.34. The van der Waals surface area contributed by atoms with Gasteiger partial charge in [0.2, 0.25) is 0 Å². The molecule has 12 aromatic carbocycles. The van der Waals surface area contributed by atoms with Gasteiger partial charge in [0.25, 0.3) is 6.71 Å². The zero-order chi connectivity index (χ0) is 67.5. The molecule has 0 atom stereocenters. The van der Waals surface area contributed by atoms with Crippen molar-refractivity contribution in [2.24, 2.45) is 0 Å².